The third-order valence-corrected chi connectivity index (χ3v) is 7.62. The minimum Gasteiger partial charge on any atom is -0.442 e. The van der Waals surface area contributed by atoms with Gasteiger partial charge in [0.05, 0.1) is 31.9 Å². The van der Waals surface area contributed by atoms with Gasteiger partial charge in [-0.1, -0.05) is 29.3 Å². The summed E-state index contributed by atoms with van der Waals surface area (Å²) in [6.07, 6.45) is 0.740. The minimum absolute atomic E-state index is 0.0674. The van der Waals surface area contributed by atoms with Crippen LogP contribution in [0.2, 0.25) is 0 Å². The van der Waals surface area contributed by atoms with E-state index in [9.17, 15) is 22.8 Å². The van der Waals surface area contributed by atoms with Crippen LogP contribution in [0.5, 0.6) is 11.5 Å². The predicted molar refractivity (Wildman–Crippen MR) is 143 cm³/mol. The van der Waals surface area contributed by atoms with Crippen molar-refractivity contribution in [1.82, 2.24) is 9.13 Å². The number of halogens is 4. The Balaban J connectivity index is 1.50. The molecule has 0 radical (unpaired) electrons. The number of hydrogen-bond donors (Lipinski definition) is 1. The highest BCUT2D eigenvalue weighted by Crippen LogP contribution is 2.50. The summed E-state index contributed by atoms with van der Waals surface area (Å²) < 4.78 is 56.4. The Kier molecular flexibility index (Phi) is 8.41. The van der Waals surface area contributed by atoms with Crippen LogP contribution in [-0.2, 0) is 29.6 Å². The molecule has 1 fully saturated rings. The van der Waals surface area contributed by atoms with Crippen LogP contribution in [0.4, 0.5) is 19.0 Å². The maximum atomic E-state index is 13.2. The summed E-state index contributed by atoms with van der Waals surface area (Å²) in [5, 5.41) is 0.686. The lowest BCUT2D eigenvalue weighted by molar-refractivity contribution is -0.274. The molecule has 2 aliphatic carbocycles. The van der Waals surface area contributed by atoms with Gasteiger partial charge in [0.1, 0.15) is 17.3 Å². The number of benzene rings is 1. The maximum absolute atomic E-state index is 13.2. The third-order valence-electron chi connectivity index (χ3n) is 7.39. The lowest BCUT2D eigenvalue weighted by Crippen LogP contribution is -2.44. The molecule has 0 amide bonds. The molecule has 1 aliphatic heterocycles. The monoisotopic (exact) mass is 596 g/mol. The molecular weight excluding hydrogens is 569 g/mol. The second-order valence-corrected chi connectivity index (χ2v) is 10.5. The molecule has 2 N–H and O–H groups in total. The van der Waals surface area contributed by atoms with E-state index in [1.54, 1.807) is 0 Å². The number of alkyl halides is 3. The molecule has 10 nitrogen and oxygen atoms in total. The molecule has 220 valence electrons. The first kappa shape index (κ1) is 29.1. The van der Waals surface area contributed by atoms with Gasteiger partial charge in [-0.3, -0.25) is 13.9 Å². The first-order valence-corrected chi connectivity index (χ1v) is 13.3. The largest absolute Gasteiger partial charge is 0.573 e. The molecule has 3 atom stereocenters. The van der Waals surface area contributed by atoms with E-state index in [1.807, 2.05) is 12.2 Å². The number of nitrogens with zero attached hydrogens (tertiary/aromatic N) is 3. The van der Waals surface area contributed by atoms with Crippen molar-refractivity contribution in [2.45, 2.75) is 32.2 Å². The fourth-order valence-electron chi connectivity index (χ4n) is 5.45. The second-order valence-electron chi connectivity index (χ2n) is 10.0. The Labute approximate surface area is 237 Å². The second kappa shape index (κ2) is 11.8. The highest BCUT2D eigenvalue weighted by molar-refractivity contribution is 6.31. The van der Waals surface area contributed by atoms with Crippen LogP contribution in [-0.4, -0.2) is 41.2 Å². The van der Waals surface area contributed by atoms with E-state index in [-0.39, 0.29) is 62.1 Å². The molecule has 3 aliphatic rings. The number of ether oxygens (including phenoxy) is 3. The first-order chi connectivity index (χ1) is 19.5. The lowest BCUT2D eigenvalue weighted by Gasteiger charge is -2.43. The number of hydrogen-bond acceptors (Lipinski definition) is 8. The van der Waals surface area contributed by atoms with E-state index in [1.165, 1.54) is 29.3 Å². The van der Waals surface area contributed by atoms with Crippen LogP contribution in [0, 0.1) is 17.8 Å². The van der Waals surface area contributed by atoms with Crippen molar-refractivity contribution in [2.75, 3.05) is 19.8 Å². The van der Waals surface area contributed by atoms with E-state index in [0.717, 1.165) is 23.1 Å². The standard InChI is InChI=1S/C27H28ClF3N4O6/c1-34-25(36)22-13-17(12-21-15-9-16(21)11-18(28)10-15)24(40-19-3-2-4-20(14-19)41-27(29,30)31)33-23(22)35(26(34)37)5-6-38-7-8-39-32/h2-4,10-11,14-15,17,21H,5-9,12-13,32H2,1H3. The van der Waals surface area contributed by atoms with Crippen LogP contribution >= 0.6 is 11.6 Å². The molecular formula is C27H28ClF3N4O6. The van der Waals surface area contributed by atoms with Gasteiger partial charge in [0.15, 0.2) is 5.90 Å². The fraction of sp³-hybridized carbons (Fsp3) is 0.444. The molecule has 14 heteroatoms. The normalized spacial score (nSPS) is 21.3. The van der Waals surface area contributed by atoms with E-state index in [2.05, 4.69) is 14.6 Å². The molecule has 1 aromatic carbocycles. The van der Waals surface area contributed by atoms with Crippen molar-refractivity contribution < 1.29 is 32.2 Å². The van der Waals surface area contributed by atoms with Gasteiger partial charge in [0.25, 0.3) is 5.56 Å². The van der Waals surface area contributed by atoms with Crippen molar-refractivity contribution in [3.05, 3.63) is 73.4 Å². The van der Waals surface area contributed by atoms with Crippen LogP contribution in [0.25, 0.3) is 0 Å². The molecule has 2 bridgehead atoms. The fourth-order valence-corrected chi connectivity index (χ4v) is 5.75. The Bertz CT molecular complexity index is 1530. The predicted octanol–water partition coefficient (Wildman–Crippen LogP) is 3.72. The average Bonchev–Trinajstić information content (AvgIpc) is 2.91. The Morgan fingerprint density at radius 3 is 2.63 bits per heavy atom. The van der Waals surface area contributed by atoms with Crippen LogP contribution in [0.15, 0.2) is 61.6 Å². The van der Waals surface area contributed by atoms with Gasteiger partial charge in [0.2, 0.25) is 0 Å². The van der Waals surface area contributed by atoms with Gasteiger partial charge in [-0.05, 0) is 49.3 Å². The average molecular weight is 597 g/mol. The summed E-state index contributed by atoms with van der Waals surface area (Å²) in [5.41, 5.74) is 0.469. The molecule has 0 spiro atoms. The maximum Gasteiger partial charge on any atom is 0.573 e. The molecule has 3 unspecified atom stereocenters. The van der Waals surface area contributed by atoms with Gasteiger partial charge >= 0.3 is 12.1 Å². The van der Waals surface area contributed by atoms with Gasteiger partial charge in [-0.15, -0.1) is 13.2 Å². The van der Waals surface area contributed by atoms with E-state index in [4.69, 9.17) is 27.0 Å². The zero-order valence-corrected chi connectivity index (χ0v) is 22.8. The van der Waals surface area contributed by atoms with E-state index < -0.39 is 29.3 Å². The van der Waals surface area contributed by atoms with Crippen LogP contribution in [0.1, 0.15) is 18.4 Å². The molecule has 1 saturated carbocycles. The van der Waals surface area contributed by atoms with Crippen LogP contribution in [0.3, 0.4) is 0 Å². The van der Waals surface area contributed by atoms with Gasteiger partial charge in [0, 0.05) is 24.1 Å². The van der Waals surface area contributed by atoms with E-state index in [0.29, 0.717) is 17.0 Å². The smallest absolute Gasteiger partial charge is 0.442 e. The Hall–Kier alpha value is -3.39. The summed E-state index contributed by atoms with van der Waals surface area (Å²) in [4.78, 5) is 35.4. The van der Waals surface area contributed by atoms with Gasteiger partial charge < -0.3 is 19.0 Å². The lowest BCUT2D eigenvalue weighted by atomic mass is 9.63. The summed E-state index contributed by atoms with van der Waals surface area (Å²) in [6.45, 7) is 0.558. The Morgan fingerprint density at radius 2 is 1.93 bits per heavy atom. The number of aliphatic imine (C=N–C) groups is 1. The van der Waals surface area contributed by atoms with E-state index >= 15 is 0 Å². The minimum atomic E-state index is -4.87. The summed E-state index contributed by atoms with van der Waals surface area (Å²) in [7, 11) is 1.40. The van der Waals surface area contributed by atoms with Crippen molar-refractivity contribution in [3.63, 3.8) is 0 Å². The highest BCUT2D eigenvalue weighted by atomic mass is 35.5. The van der Waals surface area contributed by atoms with Crippen molar-refractivity contribution in [3.8, 4) is 11.5 Å². The number of aromatic nitrogens is 2. The topological polar surface area (TPSA) is 119 Å². The van der Waals surface area contributed by atoms with Crippen molar-refractivity contribution in [2.24, 2.45) is 35.7 Å². The molecule has 2 aromatic rings. The number of allylic oxidation sites excluding steroid dienone is 4. The van der Waals surface area contributed by atoms with Gasteiger partial charge in [-0.25, -0.2) is 10.7 Å². The summed E-state index contributed by atoms with van der Waals surface area (Å²) in [6, 6.07) is 5.11. The summed E-state index contributed by atoms with van der Waals surface area (Å²) >= 11 is 6.20. The number of rotatable bonds is 10. The summed E-state index contributed by atoms with van der Waals surface area (Å²) in [5.74, 6) is 4.93. The highest BCUT2D eigenvalue weighted by Gasteiger charge is 2.41. The van der Waals surface area contributed by atoms with Crippen molar-refractivity contribution in [1.29, 1.82) is 0 Å². The molecule has 1 aromatic heterocycles. The zero-order valence-electron chi connectivity index (χ0n) is 22.0. The van der Waals surface area contributed by atoms with Gasteiger partial charge in [-0.2, -0.15) is 4.99 Å². The third kappa shape index (κ3) is 6.43. The van der Waals surface area contributed by atoms with Crippen LogP contribution < -0.4 is 26.6 Å². The molecule has 0 saturated heterocycles. The number of nitrogens with two attached hydrogens (primary N) is 1. The van der Waals surface area contributed by atoms with Crippen molar-refractivity contribution >= 4 is 23.3 Å². The first-order valence-electron chi connectivity index (χ1n) is 13.0. The molecule has 5 rings (SSSR count). The molecule has 2 heterocycles. The number of fused-ring (bicyclic) bond motifs is 3. The molecule has 41 heavy (non-hydrogen) atoms. The zero-order chi connectivity index (χ0) is 29.3. The Morgan fingerprint density at radius 1 is 1.15 bits per heavy atom. The SMILES string of the molecule is Cn1c(=O)c2c(n(CCOCCON)c1=O)N=C(Oc1cccc(OC(F)(F)F)c1)C(CC1C3=CC(Cl)=CC1C3)C2. The quantitative estimate of drug-likeness (QED) is 0.328.